The van der Waals surface area contributed by atoms with Gasteiger partial charge in [0.25, 0.3) is 5.91 Å². The Kier molecular flexibility index (Phi) is 5.85. The lowest BCUT2D eigenvalue weighted by Crippen LogP contribution is -2.50. The molecule has 6 nitrogen and oxygen atoms in total. The van der Waals surface area contributed by atoms with E-state index in [2.05, 4.69) is 39.4 Å². The molecule has 1 saturated heterocycles. The molecule has 7 heteroatoms. The number of piperazine rings is 1. The molecule has 33 heavy (non-hydrogen) atoms. The Morgan fingerprint density at radius 1 is 0.879 bits per heavy atom. The summed E-state index contributed by atoms with van der Waals surface area (Å²) in [7, 11) is 0. The molecule has 0 radical (unpaired) electrons. The van der Waals surface area contributed by atoms with E-state index in [0.29, 0.717) is 31.9 Å². The maximum Gasteiger partial charge on any atom is 0.260 e. The Labute approximate surface area is 191 Å². The molecule has 0 unspecified atom stereocenters. The van der Waals surface area contributed by atoms with E-state index in [9.17, 15) is 9.18 Å². The summed E-state index contributed by atoms with van der Waals surface area (Å²) in [4.78, 5) is 16.3. The van der Waals surface area contributed by atoms with E-state index in [1.807, 2.05) is 30.3 Å². The lowest BCUT2D eigenvalue weighted by Gasteiger charge is -2.35. The summed E-state index contributed by atoms with van der Waals surface area (Å²) in [6.45, 7) is 2.35. The van der Waals surface area contributed by atoms with Crippen LogP contribution in [0.25, 0.3) is 22.0 Å². The van der Waals surface area contributed by atoms with Crippen LogP contribution in [-0.2, 0) is 4.79 Å². The zero-order valence-electron chi connectivity index (χ0n) is 18.0. The number of benzene rings is 3. The summed E-state index contributed by atoms with van der Waals surface area (Å²) in [6.07, 6.45) is 0. The quantitative estimate of drug-likeness (QED) is 0.465. The largest absolute Gasteiger partial charge is 0.484 e. The predicted molar refractivity (Wildman–Crippen MR) is 126 cm³/mol. The highest BCUT2D eigenvalue weighted by atomic mass is 19.1. The molecular formula is C26H23FN4O2. The molecule has 1 fully saturated rings. The van der Waals surface area contributed by atoms with Crippen molar-refractivity contribution in [2.45, 2.75) is 0 Å². The number of anilines is 1. The molecule has 5 rings (SSSR count). The molecular weight excluding hydrogens is 419 g/mol. The van der Waals surface area contributed by atoms with Crippen LogP contribution >= 0.6 is 0 Å². The highest BCUT2D eigenvalue weighted by Crippen LogP contribution is 2.27. The van der Waals surface area contributed by atoms with E-state index in [4.69, 9.17) is 4.74 Å². The van der Waals surface area contributed by atoms with Crippen LogP contribution in [0.15, 0.2) is 78.9 Å². The summed E-state index contributed by atoms with van der Waals surface area (Å²) in [5, 5.41) is 11.2. The third kappa shape index (κ3) is 4.62. The number of carbonyl (C=O) groups excluding carboxylic acids is 1. The van der Waals surface area contributed by atoms with Crippen molar-refractivity contribution in [3.63, 3.8) is 0 Å². The fourth-order valence-corrected chi connectivity index (χ4v) is 4.06. The fraction of sp³-hybridized carbons (Fsp3) is 0.192. The van der Waals surface area contributed by atoms with Gasteiger partial charge in [0.05, 0.1) is 5.69 Å². The minimum absolute atomic E-state index is 0.108. The molecule has 2 heterocycles. The Bertz CT molecular complexity index is 1270. The van der Waals surface area contributed by atoms with Crippen molar-refractivity contribution in [2.24, 2.45) is 0 Å². The van der Waals surface area contributed by atoms with Crippen molar-refractivity contribution in [1.29, 1.82) is 0 Å². The first-order valence-electron chi connectivity index (χ1n) is 10.9. The summed E-state index contributed by atoms with van der Waals surface area (Å²) >= 11 is 0. The minimum Gasteiger partial charge on any atom is -0.484 e. The van der Waals surface area contributed by atoms with E-state index in [1.54, 1.807) is 17.0 Å². The number of amides is 1. The summed E-state index contributed by atoms with van der Waals surface area (Å²) in [6, 6.07) is 24.2. The van der Waals surface area contributed by atoms with Gasteiger partial charge in [0.15, 0.2) is 12.4 Å². The van der Waals surface area contributed by atoms with E-state index in [0.717, 1.165) is 22.5 Å². The van der Waals surface area contributed by atoms with Crippen LogP contribution in [0.3, 0.4) is 0 Å². The van der Waals surface area contributed by atoms with E-state index >= 15 is 0 Å². The second kappa shape index (κ2) is 9.24. The standard InChI is InChI=1S/C26H23FN4O2/c27-20-7-4-8-21(17-20)33-18-26(32)31-15-13-30(14-16-31)25-12-11-24(28-29-25)23-10-3-6-19-5-1-2-9-22(19)23/h1-12,17H,13-16,18H2. The predicted octanol–water partition coefficient (Wildman–Crippen LogP) is 4.16. The van der Waals surface area contributed by atoms with Crippen LogP contribution in [-0.4, -0.2) is 53.8 Å². The second-order valence-corrected chi connectivity index (χ2v) is 7.92. The zero-order chi connectivity index (χ0) is 22.6. The van der Waals surface area contributed by atoms with E-state index < -0.39 is 0 Å². The van der Waals surface area contributed by atoms with Gasteiger partial charge in [-0.2, -0.15) is 0 Å². The molecule has 0 spiro atoms. The molecule has 0 bridgehead atoms. The maximum absolute atomic E-state index is 13.2. The summed E-state index contributed by atoms with van der Waals surface area (Å²) in [5.74, 6) is 0.642. The van der Waals surface area contributed by atoms with Crippen molar-refractivity contribution in [2.75, 3.05) is 37.7 Å². The van der Waals surface area contributed by atoms with Crippen LogP contribution in [0.2, 0.25) is 0 Å². The van der Waals surface area contributed by atoms with Crippen LogP contribution in [0.4, 0.5) is 10.2 Å². The molecule has 1 amide bonds. The lowest BCUT2D eigenvalue weighted by atomic mass is 10.0. The third-order valence-corrected chi connectivity index (χ3v) is 5.83. The van der Waals surface area contributed by atoms with Gasteiger partial charge in [-0.15, -0.1) is 10.2 Å². The Hall–Kier alpha value is -4.00. The number of fused-ring (bicyclic) bond motifs is 1. The Morgan fingerprint density at radius 3 is 2.45 bits per heavy atom. The number of halogens is 1. The van der Waals surface area contributed by atoms with Crippen LogP contribution in [0, 0.1) is 5.82 Å². The van der Waals surface area contributed by atoms with Gasteiger partial charge in [-0.05, 0) is 35.0 Å². The van der Waals surface area contributed by atoms with Crippen molar-refractivity contribution in [3.05, 3.63) is 84.7 Å². The highest BCUT2D eigenvalue weighted by molar-refractivity contribution is 5.95. The van der Waals surface area contributed by atoms with Crippen molar-refractivity contribution >= 4 is 22.5 Å². The normalized spacial score (nSPS) is 13.8. The first-order valence-corrected chi connectivity index (χ1v) is 10.9. The van der Waals surface area contributed by atoms with Crippen LogP contribution in [0.5, 0.6) is 5.75 Å². The third-order valence-electron chi connectivity index (χ3n) is 5.83. The summed E-state index contributed by atoms with van der Waals surface area (Å²) < 4.78 is 18.7. The Morgan fingerprint density at radius 2 is 1.67 bits per heavy atom. The number of nitrogens with zero attached hydrogens (tertiary/aromatic N) is 4. The van der Waals surface area contributed by atoms with Gasteiger partial charge < -0.3 is 14.5 Å². The number of rotatable bonds is 5. The molecule has 4 aromatic rings. The number of aromatic nitrogens is 2. The average molecular weight is 442 g/mol. The number of ether oxygens (including phenoxy) is 1. The average Bonchev–Trinajstić information content (AvgIpc) is 2.87. The second-order valence-electron chi connectivity index (χ2n) is 7.92. The highest BCUT2D eigenvalue weighted by Gasteiger charge is 2.22. The number of hydrogen-bond acceptors (Lipinski definition) is 5. The molecule has 166 valence electrons. The summed E-state index contributed by atoms with van der Waals surface area (Å²) in [5.41, 5.74) is 1.89. The smallest absolute Gasteiger partial charge is 0.260 e. The molecule has 0 aliphatic carbocycles. The molecule has 0 atom stereocenters. The first kappa shape index (κ1) is 20.9. The van der Waals surface area contributed by atoms with E-state index in [-0.39, 0.29) is 18.3 Å². The van der Waals surface area contributed by atoms with E-state index in [1.165, 1.54) is 17.5 Å². The van der Waals surface area contributed by atoms with Gasteiger partial charge in [-0.3, -0.25) is 4.79 Å². The van der Waals surface area contributed by atoms with Gasteiger partial charge in [-0.1, -0.05) is 48.5 Å². The van der Waals surface area contributed by atoms with Gasteiger partial charge >= 0.3 is 0 Å². The van der Waals surface area contributed by atoms with Gasteiger partial charge in [0, 0.05) is 37.8 Å². The maximum atomic E-state index is 13.2. The Balaban J connectivity index is 1.19. The van der Waals surface area contributed by atoms with Crippen LogP contribution in [0.1, 0.15) is 0 Å². The van der Waals surface area contributed by atoms with Crippen LogP contribution < -0.4 is 9.64 Å². The van der Waals surface area contributed by atoms with Crippen molar-refractivity contribution < 1.29 is 13.9 Å². The lowest BCUT2D eigenvalue weighted by molar-refractivity contribution is -0.133. The first-order chi connectivity index (χ1) is 16.2. The minimum atomic E-state index is -0.388. The molecule has 1 aliphatic rings. The fourth-order valence-electron chi connectivity index (χ4n) is 4.06. The molecule has 0 N–H and O–H groups in total. The zero-order valence-corrected chi connectivity index (χ0v) is 18.0. The molecule has 1 aromatic heterocycles. The SMILES string of the molecule is O=C(COc1cccc(F)c1)N1CCN(c2ccc(-c3cccc4ccccc34)nn2)CC1. The van der Waals surface area contributed by atoms with Crippen molar-refractivity contribution in [1.82, 2.24) is 15.1 Å². The van der Waals surface area contributed by atoms with Crippen molar-refractivity contribution in [3.8, 4) is 17.0 Å². The molecule has 0 saturated carbocycles. The molecule has 3 aromatic carbocycles. The topological polar surface area (TPSA) is 58.6 Å². The number of hydrogen-bond donors (Lipinski definition) is 0. The van der Waals surface area contributed by atoms with Gasteiger partial charge in [0.2, 0.25) is 0 Å². The monoisotopic (exact) mass is 442 g/mol. The number of carbonyl (C=O) groups is 1. The van der Waals surface area contributed by atoms with Gasteiger partial charge in [0.1, 0.15) is 11.6 Å². The molecule has 1 aliphatic heterocycles. The van der Waals surface area contributed by atoms with Gasteiger partial charge in [-0.25, -0.2) is 4.39 Å².